The van der Waals surface area contributed by atoms with E-state index < -0.39 is 0 Å². The maximum absolute atomic E-state index is 11.5. The van der Waals surface area contributed by atoms with Crippen LogP contribution in [0.1, 0.15) is 10.4 Å². The summed E-state index contributed by atoms with van der Waals surface area (Å²) in [4.78, 5) is 22.4. The van der Waals surface area contributed by atoms with Crippen LogP contribution in [-0.4, -0.2) is 31.8 Å². The number of hydrogen-bond donors (Lipinski definition) is 2. The van der Waals surface area contributed by atoms with Gasteiger partial charge >= 0.3 is 0 Å². The number of hydrogen-bond acceptors (Lipinski definition) is 3. The molecule has 80 valence electrons. The van der Waals surface area contributed by atoms with Gasteiger partial charge in [-0.2, -0.15) is 0 Å². The fourth-order valence-electron chi connectivity index (χ4n) is 1.10. The van der Waals surface area contributed by atoms with Crippen molar-refractivity contribution in [3.8, 4) is 0 Å². The van der Waals surface area contributed by atoms with Crippen LogP contribution in [0, 0.1) is 0 Å². The van der Waals surface area contributed by atoms with Crippen molar-refractivity contribution in [2.24, 2.45) is 0 Å². The first-order valence-corrected chi connectivity index (χ1v) is 4.73. The summed E-state index contributed by atoms with van der Waals surface area (Å²) in [6.45, 7) is 0.340. The maximum Gasteiger partial charge on any atom is 0.233 e. The Balaban J connectivity index is 2.34. The lowest BCUT2D eigenvalue weighted by atomic mass is 10.1. The highest BCUT2D eigenvalue weighted by molar-refractivity contribution is 5.97. The van der Waals surface area contributed by atoms with E-state index in [2.05, 4.69) is 10.6 Å². The monoisotopic (exact) mass is 206 g/mol. The summed E-state index contributed by atoms with van der Waals surface area (Å²) < 4.78 is 0. The smallest absolute Gasteiger partial charge is 0.233 e. The largest absolute Gasteiger partial charge is 0.358 e. The van der Waals surface area contributed by atoms with Gasteiger partial charge < -0.3 is 10.6 Å². The molecule has 0 heterocycles. The van der Waals surface area contributed by atoms with Gasteiger partial charge in [-0.05, 0) is 0 Å². The van der Waals surface area contributed by atoms with Crippen molar-refractivity contribution in [3.05, 3.63) is 35.9 Å². The van der Waals surface area contributed by atoms with E-state index in [4.69, 9.17) is 0 Å². The van der Waals surface area contributed by atoms with Crippen LogP contribution in [0.2, 0.25) is 0 Å². The summed E-state index contributed by atoms with van der Waals surface area (Å²) in [6.07, 6.45) is 0. The van der Waals surface area contributed by atoms with Crippen molar-refractivity contribution >= 4 is 11.7 Å². The molecule has 0 aliphatic carbocycles. The van der Waals surface area contributed by atoms with Gasteiger partial charge in [-0.25, -0.2) is 0 Å². The minimum Gasteiger partial charge on any atom is -0.358 e. The molecule has 0 atom stereocenters. The van der Waals surface area contributed by atoms with Gasteiger partial charge in [-0.3, -0.25) is 9.59 Å². The molecule has 0 aliphatic heterocycles. The Morgan fingerprint density at radius 3 is 2.40 bits per heavy atom. The SMILES string of the molecule is CNC(=O)CNCC(=O)c1ccccc1. The average molecular weight is 206 g/mol. The fraction of sp³-hybridized carbons (Fsp3) is 0.273. The van der Waals surface area contributed by atoms with Crippen LogP contribution in [0.4, 0.5) is 0 Å². The molecule has 0 saturated carbocycles. The Morgan fingerprint density at radius 1 is 1.13 bits per heavy atom. The Bertz CT molecular complexity index is 336. The van der Waals surface area contributed by atoms with Gasteiger partial charge in [0.2, 0.25) is 5.91 Å². The van der Waals surface area contributed by atoms with E-state index in [0.29, 0.717) is 5.56 Å². The summed E-state index contributed by atoms with van der Waals surface area (Å²) >= 11 is 0. The topological polar surface area (TPSA) is 58.2 Å². The third kappa shape index (κ3) is 3.91. The standard InChI is InChI=1S/C11H14N2O2/c1-12-11(15)8-13-7-10(14)9-5-3-2-4-6-9/h2-6,13H,7-8H2,1H3,(H,12,15). The van der Waals surface area contributed by atoms with Gasteiger partial charge in [0.1, 0.15) is 0 Å². The van der Waals surface area contributed by atoms with Crippen LogP contribution in [0.5, 0.6) is 0 Å². The first-order chi connectivity index (χ1) is 7.24. The molecular weight excluding hydrogens is 192 g/mol. The molecule has 4 heteroatoms. The summed E-state index contributed by atoms with van der Waals surface area (Å²) in [5, 5.41) is 5.24. The fourth-order valence-corrected chi connectivity index (χ4v) is 1.10. The predicted molar refractivity (Wildman–Crippen MR) is 57.7 cm³/mol. The third-order valence-corrected chi connectivity index (χ3v) is 1.95. The summed E-state index contributed by atoms with van der Waals surface area (Å²) in [5.74, 6) is -0.143. The highest BCUT2D eigenvalue weighted by Gasteiger charge is 2.04. The highest BCUT2D eigenvalue weighted by atomic mass is 16.2. The molecule has 15 heavy (non-hydrogen) atoms. The van der Waals surface area contributed by atoms with Gasteiger partial charge in [0, 0.05) is 12.6 Å². The maximum atomic E-state index is 11.5. The van der Waals surface area contributed by atoms with Crippen molar-refractivity contribution in [2.75, 3.05) is 20.1 Å². The van der Waals surface area contributed by atoms with Gasteiger partial charge in [-0.15, -0.1) is 0 Å². The quantitative estimate of drug-likeness (QED) is 0.677. The first kappa shape index (κ1) is 11.4. The Morgan fingerprint density at radius 2 is 1.80 bits per heavy atom. The normalized spacial score (nSPS) is 9.67. The molecule has 1 aromatic rings. The second-order valence-electron chi connectivity index (χ2n) is 3.07. The Kier molecular flexibility index (Phi) is 4.50. The number of nitrogens with one attached hydrogen (secondary N) is 2. The Hall–Kier alpha value is -1.68. The van der Waals surface area contributed by atoms with Crippen LogP contribution < -0.4 is 10.6 Å². The highest BCUT2D eigenvalue weighted by Crippen LogP contribution is 1.98. The van der Waals surface area contributed by atoms with E-state index in [0.717, 1.165) is 0 Å². The third-order valence-electron chi connectivity index (χ3n) is 1.95. The van der Waals surface area contributed by atoms with Gasteiger partial charge in [0.05, 0.1) is 13.1 Å². The van der Waals surface area contributed by atoms with Crippen molar-refractivity contribution in [3.63, 3.8) is 0 Å². The molecule has 0 saturated heterocycles. The molecular formula is C11H14N2O2. The predicted octanol–water partition coefficient (Wildman–Crippen LogP) is 0.205. The first-order valence-electron chi connectivity index (χ1n) is 4.73. The van der Waals surface area contributed by atoms with Crippen molar-refractivity contribution in [1.82, 2.24) is 10.6 Å². The number of benzene rings is 1. The number of carbonyl (C=O) groups excluding carboxylic acids is 2. The second kappa shape index (κ2) is 5.93. The van der Waals surface area contributed by atoms with E-state index in [9.17, 15) is 9.59 Å². The lowest BCUT2D eigenvalue weighted by Crippen LogP contribution is -2.34. The van der Waals surface area contributed by atoms with E-state index in [-0.39, 0.29) is 24.8 Å². The summed E-state index contributed by atoms with van der Waals surface area (Å²) in [7, 11) is 1.56. The Labute approximate surface area is 88.7 Å². The zero-order valence-corrected chi connectivity index (χ0v) is 8.62. The van der Waals surface area contributed by atoms with Crippen LogP contribution in [0.15, 0.2) is 30.3 Å². The molecule has 0 aliphatic rings. The number of amides is 1. The molecule has 1 rings (SSSR count). The summed E-state index contributed by atoms with van der Waals surface area (Å²) in [6, 6.07) is 8.99. The number of likely N-dealkylation sites (N-methyl/N-ethyl adjacent to an activating group) is 1. The zero-order valence-electron chi connectivity index (χ0n) is 8.62. The number of rotatable bonds is 5. The lowest BCUT2D eigenvalue weighted by molar-refractivity contribution is -0.119. The van der Waals surface area contributed by atoms with Crippen LogP contribution >= 0.6 is 0 Å². The minimum atomic E-state index is -0.129. The molecule has 1 amide bonds. The number of ketones is 1. The van der Waals surface area contributed by atoms with Crippen LogP contribution in [0.3, 0.4) is 0 Å². The molecule has 0 aromatic heterocycles. The molecule has 0 fully saturated rings. The molecule has 1 aromatic carbocycles. The van der Waals surface area contributed by atoms with E-state index in [1.807, 2.05) is 18.2 Å². The number of Topliss-reactive ketones (excluding diaryl/α,β-unsaturated/α-hetero) is 1. The van der Waals surface area contributed by atoms with Crippen molar-refractivity contribution in [2.45, 2.75) is 0 Å². The lowest BCUT2D eigenvalue weighted by Gasteiger charge is -2.02. The number of carbonyl (C=O) groups is 2. The van der Waals surface area contributed by atoms with Crippen LogP contribution in [-0.2, 0) is 4.79 Å². The average Bonchev–Trinajstić information content (AvgIpc) is 2.29. The van der Waals surface area contributed by atoms with Crippen LogP contribution in [0.25, 0.3) is 0 Å². The molecule has 0 radical (unpaired) electrons. The second-order valence-corrected chi connectivity index (χ2v) is 3.07. The van der Waals surface area contributed by atoms with Crippen molar-refractivity contribution < 1.29 is 9.59 Å². The minimum absolute atomic E-state index is 0.0143. The summed E-state index contributed by atoms with van der Waals surface area (Å²) in [5.41, 5.74) is 0.655. The van der Waals surface area contributed by atoms with Gasteiger partial charge in [0.25, 0.3) is 0 Å². The van der Waals surface area contributed by atoms with Gasteiger partial charge in [-0.1, -0.05) is 30.3 Å². The zero-order chi connectivity index (χ0) is 11.1. The van der Waals surface area contributed by atoms with Crippen molar-refractivity contribution in [1.29, 1.82) is 0 Å². The molecule has 0 unspecified atom stereocenters. The molecule has 4 nitrogen and oxygen atoms in total. The van der Waals surface area contributed by atoms with E-state index >= 15 is 0 Å². The van der Waals surface area contributed by atoms with Gasteiger partial charge in [0.15, 0.2) is 5.78 Å². The molecule has 2 N–H and O–H groups in total. The van der Waals surface area contributed by atoms with E-state index in [1.165, 1.54) is 0 Å². The molecule has 0 bridgehead atoms. The molecule has 0 spiro atoms. The van der Waals surface area contributed by atoms with E-state index in [1.54, 1.807) is 19.2 Å².